The second-order valence-corrected chi connectivity index (χ2v) is 10.6. The number of carbonyl (C=O) groups excluding carboxylic acids is 1. The van der Waals surface area contributed by atoms with Crippen molar-refractivity contribution in [2.45, 2.75) is 53.0 Å². The molecule has 0 aromatic heterocycles. The Balaban J connectivity index is 2.14. The number of hydrogen-bond acceptors (Lipinski definition) is 3. The van der Waals surface area contributed by atoms with Crippen LogP contribution in [0, 0.1) is 13.8 Å². The van der Waals surface area contributed by atoms with Crippen molar-refractivity contribution in [3.8, 4) is 0 Å². The largest absolute Gasteiger partial charge is 0.348 e. The van der Waals surface area contributed by atoms with Gasteiger partial charge in [-0.05, 0) is 60.6 Å². The van der Waals surface area contributed by atoms with E-state index >= 15 is 0 Å². The summed E-state index contributed by atoms with van der Waals surface area (Å²) in [4.78, 5) is 12.6. The molecule has 2 rings (SSSR count). The molecule has 0 aliphatic carbocycles. The van der Waals surface area contributed by atoms with Crippen LogP contribution in [0.1, 0.15) is 56.0 Å². The molecule has 2 aromatic carbocycles. The maximum Gasteiger partial charge on any atom is 0.241 e. The molecule has 0 fully saturated rings. The molecule has 0 saturated carbocycles. The molecule has 0 saturated heterocycles. The number of nitrogens with zero attached hydrogens (tertiary/aromatic N) is 1. The summed E-state index contributed by atoms with van der Waals surface area (Å²) in [6.45, 7) is 12.0. The van der Waals surface area contributed by atoms with Crippen molar-refractivity contribution in [1.82, 2.24) is 5.32 Å². The highest BCUT2D eigenvalue weighted by molar-refractivity contribution is 7.92. The van der Waals surface area contributed by atoms with E-state index < -0.39 is 10.0 Å². The van der Waals surface area contributed by atoms with Gasteiger partial charge in [0, 0.05) is 0 Å². The number of sulfonamides is 1. The van der Waals surface area contributed by atoms with Crippen LogP contribution in [0.3, 0.4) is 0 Å². The first-order chi connectivity index (χ1) is 13.3. The lowest BCUT2D eigenvalue weighted by Crippen LogP contribution is -2.41. The van der Waals surface area contributed by atoms with Gasteiger partial charge in [-0.15, -0.1) is 0 Å². The van der Waals surface area contributed by atoms with E-state index in [1.54, 1.807) is 12.1 Å². The fourth-order valence-electron chi connectivity index (χ4n) is 3.05. The van der Waals surface area contributed by atoms with Crippen molar-refractivity contribution in [1.29, 1.82) is 0 Å². The van der Waals surface area contributed by atoms with E-state index in [9.17, 15) is 13.2 Å². The van der Waals surface area contributed by atoms with E-state index in [1.807, 2.05) is 39.0 Å². The fraction of sp³-hybridized carbons (Fsp3) is 0.435. The Hall–Kier alpha value is -2.34. The van der Waals surface area contributed by atoms with Gasteiger partial charge in [-0.25, -0.2) is 8.42 Å². The fourth-order valence-corrected chi connectivity index (χ4v) is 3.90. The Morgan fingerprint density at radius 1 is 1.03 bits per heavy atom. The average molecular weight is 417 g/mol. The third-order valence-electron chi connectivity index (χ3n) is 5.12. The summed E-state index contributed by atoms with van der Waals surface area (Å²) in [5.74, 6) is -0.346. The van der Waals surface area contributed by atoms with E-state index in [1.165, 1.54) is 5.56 Å². The van der Waals surface area contributed by atoms with Gasteiger partial charge in [0.15, 0.2) is 0 Å². The van der Waals surface area contributed by atoms with Gasteiger partial charge >= 0.3 is 0 Å². The highest BCUT2D eigenvalue weighted by Crippen LogP contribution is 2.24. The predicted octanol–water partition coefficient (Wildman–Crippen LogP) is 4.24. The molecular weight excluding hydrogens is 384 g/mol. The van der Waals surface area contributed by atoms with Crippen molar-refractivity contribution in [2.24, 2.45) is 0 Å². The Labute approximate surface area is 175 Å². The number of benzene rings is 2. The van der Waals surface area contributed by atoms with E-state index in [2.05, 4.69) is 38.2 Å². The zero-order valence-electron chi connectivity index (χ0n) is 18.4. The SMILES string of the molecule is Cc1ccc(N(CC(=O)NC(C)c2ccc(C(C)(C)C)cc2)S(C)(=O)=O)cc1C. The average Bonchev–Trinajstić information content (AvgIpc) is 2.60. The molecule has 0 bridgehead atoms. The normalized spacial score (nSPS) is 13.1. The summed E-state index contributed by atoms with van der Waals surface area (Å²) in [7, 11) is -3.59. The first kappa shape index (κ1) is 22.9. The maximum atomic E-state index is 12.6. The minimum absolute atomic E-state index is 0.0627. The molecule has 0 aliphatic rings. The number of amides is 1. The minimum atomic E-state index is -3.59. The van der Waals surface area contributed by atoms with Crippen LogP contribution >= 0.6 is 0 Å². The molecule has 6 heteroatoms. The molecule has 29 heavy (non-hydrogen) atoms. The van der Waals surface area contributed by atoms with Gasteiger partial charge in [0.25, 0.3) is 0 Å². The van der Waals surface area contributed by atoms with Crippen LogP contribution in [-0.2, 0) is 20.2 Å². The highest BCUT2D eigenvalue weighted by atomic mass is 32.2. The molecule has 0 heterocycles. The van der Waals surface area contributed by atoms with Crippen LogP contribution in [0.5, 0.6) is 0 Å². The molecule has 1 atom stereocenters. The lowest BCUT2D eigenvalue weighted by Gasteiger charge is -2.24. The number of nitrogens with one attached hydrogen (secondary N) is 1. The third-order valence-corrected chi connectivity index (χ3v) is 6.26. The van der Waals surface area contributed by atoms with Gasteiger partial charge in [-0.3, -0.25) is 9.10 Å². The number of rotatable bonds is 6. The van der Waals surface area contributed by atoms with Crippen LogP contribution in [-0.4, -0.2) is 27.1 Å². The Morgan fingerprint density at radius 3 is 2.10 bits per heavy atom. The van der Waals surface area contributed by atoms with Gasteiger partial charge in [-0.1, -0.05) is 51.1 Å². The number of anilines is 1. The number of hydrogen-bond donors (Lipinski definition) is 1. The van der Waals surface area contributed by atoms with Crippen molar-refractivity contribution in [3.63, 3.8) is 0 Å². The van der Waals surface area contributed by atoms with E-state index in [-0.39, 0.29) is 23.9 Å². The van der Waals surface area contributed by atoms with Crippen molar-refractivity contribution in [3.05, 3.63) is 64.7 Å². The maximum absolute atomic E-state index is 12.6. The second kappa shape index (κ2) is 8.57. The molecule has 5 nitrogen and oxygen atoms in total. The molecule has 1 unspecified atom stereocenters. The summed E-state index contributed by atoms with van der Waals surface area (Å²) < 4.78 is 25.7. The molecule has 0 radical (unpaired) electrons. The molecule has 1 N–H and O–H groups in total. The van der Waals surface area contributed by atoms with E-state index in [4.69, 9.17) is 0 Å². The molecule has 1 amide bonds. The summed E-state index contributed by atoms with van der Waals surface area (Å²) >= 11 is 0. The summed E-state index contributed by atoms with van der Waals surface area (Å²) in [5, 5.41) is 2.91. The molecule has 0 spiro atoms. The van der Waals surface area contributed by atoms with Crippen LogP contribution in [0.2, 0.25) is 0 Å². The monoisotopic (exact) mass is 416 g/mol. The van der Waals surface area contributed by atoms with Gasteiger partial charge in [0.1, 0.15) is 6.54 Å². The van der Waals surface area contributed by atoms with Gasteiger partial charge in [0.05, 0.1) is 18.0 Å². The Kier molecular flexibility index (Phi) is 6.78. The number of aryl methyl sites for hydroxylation is 2. The number of carbonyl (C=O) groups is 1. The summed E-state index contributed by atoms with van der Waals surface area (Å²) in [6.07, 6.45) is 1.12. The Bertz CT molecular complexity index is 974. The summed E-state index contributed by atoms with van der Waals surface area (Å²) in [5.41, 5.74) is 4.80. The quantitative estimate of drug-likeness (QED) is 0.766. The minimum Gasteiger partial charge on any atom is -0.348 e. The second-order valence-electron chi connectivity index (χ2n) is 8.70. The smallest absolute Gasteiger partial charge is 0.241 e. The summed E-state index contributed by atoms with van der Waals surface area (Å²) in [6, 6.07) is 13.3. The van der Waals surface area contributed by atoms with Crippen LogP contribution in [0.15, 0.2) is 42.5 Å². The van der Waals surface area contributed by atoms with Crippen molar-refractivity contribution >= 4 is 21.6 Å². The van der Waals surface area contributed by atoms with Gasteiger partial charge in [0.2, 0.25) is 15.9 Å². The lowest BCUT2D eigenvalue weighted by atomic mass is 9.86. The molecule has 158 valence electrons. The lowest BCUT2D eigenvalue weighted by molar-refractivity contribution is -0.120. The van der Waals surface area contributed by atoms with Crippen LogP contribution in [0.25, 0.3) is 0 Å². The van der Waals surface area contributed by atoms with Crippen molar-refractivity contribution in [2.75, 3.05) is 17.1 Å². The van der Waals surface area contributed by atoms with Gasteiger partial charge in [-0.2, -0.15) is 0 Å². The molecule has 0 aliphatic heterocycles. The van der Waals surface area contributed by atoms with E-state index in [0.717, 1.165) is 27.3 Å². The predicted molar refractivity (Wildman–Crippen MR) is 120 cm³/mol. The zero-order chi connectivity index (χ0) is 22.0. The third kappa shape index (κ3) is 6.07. The van der Waals surface area contributed by atoms with Crippen LogP contribution < -0.4 is 9.62 Å². The molecule has 2 aromatic rings. The van der Waals surface area contributed by atoms with Crippen molar-refractivity contribution < 1.29 is 13.2 Å². The zero-order valence-corrected chi connectivity index (χ0v) is 19.2. The standard InChI is InChI=1S/C23H32N2O3S/c1-16-8-13-21(14-17(16)2)25(29(7,27)28)15-22(26)24-18(3)19-9-11-20(12-10-19)23(4,5)6/h8-14,18H,15H2,1-7H3,(H,24,26). The van der Waals surface area contributed by atoms with Gasteiger partial charge < -0.3 is 5.32 Å². The van der Waals surface area contributed by atoms with Crippen LogP contribution in [0.4, 0.5) is 5.69 Å². The first-order valence-corrected chi connectivity index (χ1v) is 11.6. The topological polar surface area (TPSA) is 66.5 Å². The first-order valence-electron chi connectivity index (χ1n) is 9.74. The highest BCUT2D eigenvalue weighted by Gasteiger charge is 2.22. The van der Waals surface area contributed by atoms with E-state index in [0.29, 0.717) is 5.69 Å². The molecular formula is C23H32N2O3S. The Morgan fingerprint density at radius 2 is 1.62 bits per heavy atom.